The predicted molar refractivity (Wildman–Crippen MR) is 159 cm³/mol. The van der Waals surface area contributed by atoms with Crippen molar-refractivity contribution in [3.63, 3.8) is 0 Å². The van der Waals surface area contributed by atoms with E-state index in [-0.39, 0.29) is 59.2 Å². The van der Waals surface area contributed by atoms with E-state index in [0.717, 1.165) is 0 Å². The smallest absolute Gasteiger partial charge is 0.298 e. The molecular formula is C32H27F2N7O4. The number of halogens is 2. The highest BCUT2D eigenvalue weighted by molar-refractivity contribution is 6.13. The van der Waals surface area contributed by atoms with Gasteiger partial charge in [0.15, 0.2) is 5.69 Å². The molecule has 3 heterocycles. The van der Waals surface area contributed by atoms with Crippen LogP contribution in [0, 0.1) is 11.3 Å². The molecular weight excluding hydrogens is 584 g/mol. The summed E-state index contributed by atoms with van der Waals surface area (Å²) in [5.41, 5.74) is 6.02. The Bertz CT molecular complexity index is 1840. The highest BCUT2D eigenvalue weighted by Gasteiger charge is 2.49. The number of likely N-dealkylation sites (tertiary alicyclic amines) is 1. The van der Waals surface area contributed by atoms with E-state index < -0.39 is 29.8 Å². The maximum absolute atomic E-state index is 15.3. The van der Waals surface area contributed by atoms with Crippen LogP contribution >= 0.6 is 0 Å². The van der Waals surface area contributed by atoms with Crippen LogP contribution in [0.1, 0.15) is 43.6 Å². The number of nitriles is 1. The number of methoxy groups -OCH3 is 1. The van der Waals surface area contributed by atoms with Gasteiger partial charge in [0.05, 0.1) is 43.2 Å². The summed E-state index contributed by atoms with van der Waals surface area (Å²) in [5, 5.41) is 16.5. The molecule has 6 rings (SSSR count). The van der Waals surface area contributed by atoms with E-state index in [1.807, 2.05) is 6.07 Å². The molecule has 4 aromatic rings. The zero-order valence-corrected chi connectivity index (χ0v) is 24.0. The van der Waals surface area contributed by atoms with Crippen molar-refractivity contribution in [1.29, 1.82) is 5.26 Å². The molecule has 1 fully saturated rings. The van der Waals surface area contributed by atoms with Crippen molar-refractivity contribution in [2.45, 2.75) is 18.0 Å². The summed E-state index contributed by atoms with van der Waals surface area (Å²) >= 11 is 0. The van der Waals surface area contributed by atoms with Crippen LogP contribution in [0.3, 0.4) is 0 Å². The van der Waals surface area contributed by atoms with Gasteiger partial charge in [0.1, 0.15) is 11.8 Å². The highest BCUT2D eigenvalue weighted by atomic mass is 19.3. The number of fused-ring (bicyclic) bond motifs is 3. The first kappa shape index (κ1) is 29.5. The predicted octanol–water partition coefficient (Wildman–Crippen LogP) is 3.53. The van der Waals surface area contributed by atoms with E-state index in [1.165, 1.54) is 94.5 Å². The standard InChI is InChI=1S/C32H27F2N7O4/c1-45-27-12-7-19(13-20(27)14-35)30(43)38-24-16-37-41-26-18-39(28(42)15-36)17-25(26)40(31(44)29(24)41)23-10-8-22(9-11-23)32(33,34)21-5-3-2-4-6-21/h2-13,16,25-26H,15,17-18,36H2,1H3,(H,38,43)/t25-,26+/m0/s1. The van der Waals surface area contributed by atoms with Gasteiger partial charge in [-0.3, -0.25) is 24.0 Å². The van der Waals surface area contributed by atoms with Crippen LogP contribution in [0.4, 0.5) is 20.2 Å². The SMILES string of the molecule is COc1ccc(C(=O)Nc2cnn3c2C(=O)N(c2ccc(C(F)(F)c4ccccc4)cc2)[C@H]2CN(C(=O)CN)C[C@H]23)cc1C#N. The number of hydrogen-bond acceptors (Lipinski definition) is 7. The summed E-state index contributed by atoms with van der Waals surface area (Å²) in [6.07, 6.45) is 1.34. The Hall–Kier alpha value is -5.61. The summed E-state index contributed by atoms with van der Waals surface area (Å²) in [6.45, 7) is 0.120. The summed E-state index contributed by atoms with van der Waals surface area (Å²) in [5.74, 6) is -4.41. The molecule has 3 amide bonds. The number of ether oxygens (including phenoxy) is 1. The average Bonchev–Trinajstić information content (AvgIpc) is 3.70. The Morgan fingerprint density at radius 3 is 2.42 bits per heavy atom. The molecule has 3 N–H and O–H groups in total. The largest absolute Gasteiger partial charge is 0.495 e. The first-order valence-electron chi connectivity index (χ1n) is 14.0. The molecule has 2 aliphatic rings. The lowest BCUT2D eigenvalue weighted by molar-refractivity contribution is -0.128. The van der Waals surface area contributed by atoms with Crippen molar-refractivity contribution in [3.8, 4) is 11.8 Å². The topological polar surface area (TPSA) is 147 Å². The fraction of sp³-hybridized carbons (Fsp3) is 0.219. The molecule has 1 aromatic heterocycles. The monoisotopic (exact) mass is 611 g/mol. The van der Waals surface area contributed by atoms with Crippen molar-refractivity contribution < 1.29 is 27.9 Å². The third-order valence-electron chi connectivity index (χ3n) is 8.12. The first-order chi connectivity index (χ1) is 21.7. The zero-order valence-electron chi connectivity index (χ0n) is 24.0. The molecule has 0 unspecified atom stereocenters. The van der Waals surface area contributed by atoms with Gasteiger partial charge in [-0.15, -0.1) is 0 Å². The first-order valence-corrected chi connectivity index (χ1v) is 14.0. The van der Waals surface area contributed by atoms with Crippen molar-refractivity contribution in [3.05, 3.63) is 107 Å². The number of nitrogens with zero attached hydrogens (tertiary/aromatic N) is 5. The molecule has 0 spiro atoms. The molecule has 0 radical (unpaired) electrons. The third kappa shape index (κ3) is 5.04. The van der Waals surface area contributed by atoms with Crippen LogP contribution < -0.4 is 20.7 Å². The molecule has 2 aliphatic heterocycles. The number of rotatable bonds is 7. The Morgan fingerprint density at radius 1 is 1.07 bits per heavy atom. The second-order valence-corrected chi connectivity index (χ2v) is 10.6. The second-order valence-electron chi connectivity index (χ2n) is 10.6. The normalized spacial score (nSPS) is 17.4. The summed E-state index contributed by atoms with van der Waals surface area (Å²) in [4.78, 5) is 43.0. The Balaban J connectivity index is 1.36. The minimum atomic E-state index is -3.27. The van der Waals surface area contributed by atoms with Crippen molar-refractivity contribution in [2.75, 3.05) is 37.0 Å². The Kier molecular flexibility index (Phi) is 7.51. The van der Waals surface area contributed by atoms with E-state index in [2.05, 4.69) is 10.4 Å². The Morgan fingerprint density at radius 2 is 1.76 bits per heavy atom. The van der Waals surface area contributed by atoms with E-state index in [9.17, 15) is 19.6 Å². The number of amides is 3. The van der Waals surface area contributed by atoms with Gasteiger partial charge in [-0.1, -0.05) is 42.5 Å². The van der Waals surface area contributed by atoms with Gasteiger partial charge < -0.3 is 20.7 Å². The maximum atomic E-state index is 15.3. The van der Waals surface area contributed by atoms with Crippen LogP contribution in [0.5, 0.6) is 5.75 Å². The molecule has 13 heteroatoms. The summed E-state index contributed by atoms with van der Waals surface area (Å²) in [7, 11) is 1.41. The number of anilines is 2. The number of benzene rings is 3. The molecule has 2 atom stereocenters. The van der Waals surface area contributed by atoms with Gasteiger partial charge >= 0.3 is 0 Å². The van der Waals surface area contributed by atoms with Crippen molar-refractivity contribution >= 4 is 29.1 Å². The van der Waals surface area contributed by atoms with Crippen LogP contribution in [0.2, 0.25) is 0 Å². The minimum absolute atomic E-state index is 0.0550. The third-order valence-corrected chi connectivity index (χ3v) is 8.12. The van der Waals surface area contributed by atoms with E-state index in [0.29, 0.717) is 11.4 Å². The zero-order chi connectivity index (χ0) is 31.9. The lowest BCUT2D eigenvalue weighted by Crippen LogP contribution is -2.51. The fourth-order valence-corrected chi connectivity index (χ4v) is 5.86. The molecule has 3 aromatic carbocycles. The lowest BCUT2D eigenvalue weighted by atomic mass is 9.99. The molecule has 228 valence electrons. The van der Waals surface area contributed by atoms with Crippen LogP contribution in [-0.4, -0.2) is 65.2 Å². The number of hydrogen-bond donors (Lipinski definition) is 2. The molecule has 1 saturated heterocycles. The molecule has 45 heavy (non-hydrogen) atoms. The van der Waals surface area contributed by atoms with Crippen LogP contribution in [-0.2, 0) is 10.7 Å². The fourth-order valence-electron chi connectivity index (χ4n) is 5.86. The molecule has 0 saturated carbocycles. The number of aromatic nitrogens is 2. The van der Waals surface area contributed by atoms with E-state index in [4.69, 9.17) is 10.5 Å². The van der Waals surface area contributed by atoms with Crippen molar-refractivity contribution in [1.82, 2.24) is 14.7 Å². The Labute approximate surface area is 256 Å². The van der Waals surface area contributed by atoms with Crippen LogP contribution in [0.25, 0.3) is 0 Å². The quantitative estimate of drug-likeness (QED) is 0.325. The van der Waals surface area contributed by atoms with Gasteiger partial charge in [-0.25, -0.2) is 0 Å². The van der Waals surface area contributed by atoms with Gasteiger partial charge in [0.2, 0.25) is 5.91 Å². The maximum Gasteiger partial charge on any atom is 0.298 e. The van der Waals surface area contributed by atoms with Gasteiger partial charge in [-0.2, -0.15) is 19.1 Å². The summed E-state index contributed by atoms with van der Waals surface area (Å²) < 4.78 is 37.2. The number of nitrogens with one attached hydrogen (secondary N) is 1. The van der Waals surface area contributed by atoms with E-state index >= 15 is 8.78 Å². The van der Waals surface area contributed by atoms with E-state index in [1.54, 1.807) is 6.07 Å². The number of alkyl halides is 2. The number of carbonyl (C=O) groups excluding carboxylic acids is 3. The van der Waals surface area contributed by atoms with Gasteiger partial charge in [-0.05, 0) is 30.3 Å². The minimum Gasteiger partial charge on any atom is -0.495 e. The molecule has 11 nitrogen and oxygen atoms in total. The van der Waals surface area contributed by atoms with Gasteiger partial charge in [0.25, 0.3) is 17.7 Å². The molecule has 0 bridgehead atoms. The lowest BCUT2D eigenvalue weighted by Gasteiger charge is -2.37. The molecule has 0 aliphatic carbocycles. The van der Waals surface area contributed by atoms with Crippen LogP contribution in [0.15, 0.2) is 79.0 Å². The second kappa shape index (κ2) is 11.5. The average molecular weight is 612 g/mol. The van der Waals surface area contributed by atoms with Crippen molar-refractivity contribution in [2.24, 2.45) is 5.73 Å². The number of nitrogens with two attached hydrogens (primary N) is 1. The highest BCUT2D eigenvalue weighted by Crippen LogP contribution is 2.40. The van der Waals surface area contributed by atoms with Gasteiger partial charge in [0, 0.05) is 35.5 Å². The summed E-state index contributed by atoms with van der Waals surface area (Å²) in [6, 6.07) is 18.1. The number of carbonyl (C=O) groups is 3.